The monoisotopic (exact) mass is 321 g/mol. The number of nitrogens with zero attached hydrogens (tertiary/aromatic N) is 2. The molecule has 0 aliphatic heterocycles. The van der Waals surface area contributed by atoms with Crippen LogP contribution < -0.4 is 10.2 Å². The molecule has 1 atom stereocenters. The lowest BCUT2D eigenvalue weighted by atomic mass is 10.2. The molecule has 1 unspecified atom stereocenters. The van der Waals surface area contributed by atoms with Gasteiger partial charge in [-0.15, -0.1) is 22.7 Å². The van der Waals surface area contributed by atoms with Crippen LogP contribution >= 0.6 is 22.7 Å². The van der Waals surface area contributed by atoms with Crippen molar-refractivity contribution >= 4 is 27.8 Å². The quantitative estimate of drug-likeness (QED) is 0.779. The number of nitrogens with one attached hydrogen (secondary N) is 1. The third-order valence-corrected chi connectivity index (χ3v) is 5.55. The second-order valence-electron chi connectivity index (χ2n) is 5.67. The van der Waals surface area contributed by atoms with Crippen molar-refractivity contribution in [1.82, 2.24) is 10.3 Å². The summed E-state index contributed by atoms with van der Waals surface area (Å²) >= 11 is 3.63. The Morgan fingerprint density at radius 3 is 2.95 bits per heavy atom. The lowest BCUT2D eigenvalue weighted by Gasteiger charge is -2.20. The molecule has 2 aromatic heterocycles. The topological polar surface area (TPSA) is 28.2 Å². The van der Waals surface area contributed by atoms with E-state index in [-0.39, 0.29) is 0 Å². The molecule has 3 nitrogen and oxygen atoms in total. The average Bonchev–Trinajstić information content (AvgIpc) is 3.01. The Bertz CT molecular complexity index is 546. The fraction of sp³-hybridized carbons (Fsp3) is 0.562. The van der Waals surface area contributed by atoms with Crippen LogP contribution in [0.5, 0.6) is 0 Å². The van der Waals surface area contributed by atoms with Gasteiger partial charge in [0.1, 0.15) is 0 Å². The molecule has 3 rings (SSSR count). The van der Waals surface area contributed by atoms with E-state index >= 15 is 0 Å². The maximum atomic E-state index is 4.89. The molecule has 0 amide bonds. The van der Waals surface area contributed by atoms with Gasteiger partial charge in [-0.2, -0.15) is 0 Å². The van der Waals surface area contributed by atoms with Crippen molar-refractivity contribution in [3.8, 4) is 0 Å². The molecule has 0 saturated heterocycles. The molecule has 2 aromatic rings. The SMILES string of the molecule is CCCNC(C)c1csc(N(Cc2cccs2)C2CC2)n1. The van der Waals surface area contributed by atoms with E-state index in [4.69, 9.17) is 4.98 Å². The molecule has 0 spiro atoms. The minimum atomic E-state index is 0.345. The van der Waals surface area contributed by atoms with Crippen molar-refractivity contribution in [1.29, 1.82) is 0 Å². The lowest BCUT2D eigenvalue weighted by Crippen LogP contribution is -2.25. The van der Waals surface area contributed by atoms with Crippen LogP contribution in [0.4, 0.5) is 5.13 Å². The molecular weight excluding hydrogens is 298 g/mol. The van der Waals surface area contributed by atoms with Crippen molar-refractivity contribution in [3.63, 3.8) is 0 Å². The zero-order valence-electron chi connectivity index (χ0n) is 12.7. The summed E-state index contributed by atoms with van der Waals surface area (Å²) in [6.07, 6.45) is 3.78. The Hall–Kier alpha value is -0.910. The molecule has 1 aliphatic carbocycles. The molecule has 0 aromatic carbocycles. The number of hydrogen-bond acceptors (Lipinski definition) is 5. The van der Waals surface area contributed by atoms with Gasteiger partial charge in [0, 0.05) is 22.3 Å². The van der Waals surface area contributed by atoms with Gasteiger partial charge in [-0.25, -0.2) is 4.98 Å². The smallest absolute Gasteiger partial charge is 0.186 e. The third-order valence-electron chi connectivity index (χ3n) is 3.79. The van der Waals surface area contributed by atoms with E-state index in [0.29, 0.717) is 12.1 Å². The first-order valence-electron chi connectivity index (χ1n) is 7.75. The Balaban J connectivity index is 1.70. The zero-order valence-corrected chi connectivity index (χ0v) is 14.3. The molecule has 5 heteroatoms. The van der Waals surface area contributed by atoms with Crippen LogP contribution in [-0.2, 0) is 6.54 Å². The standard InChI is InChI=1S/C16H23N3S2/c1-3-8-17-12(2)15-11-21-16(18-15)19(13-6-7-13)10-14-5-4-9-20-14/h4-5,9,11-13,17H,3,6-8,10H2,1-2H3. The van der Waals surface area contributed by atoms with Crippen molar-refractivity contribution in [2.75, 3.05) is 11.4 Å². The highest BCUT2D eigenvalue weighted by atomic mass is 32.1. The molecular formula is C16H23N3S2. The van der Waals surface area contributed by atoms with Gasteiger partial charge in [0.05, 0.1) is 12.2 Å². The summed E-state index contributed by atoms with van der Waals surface area (Å²) in [5.74, 6) is 0. The highest BCUT2D eigenvalue weighted by molar-refractivity contribution is 7.13. The average molecular weight is 322 g/mol. The molecule has 0 radical (unpaired) electrons. The normalized spacial score (nSPS) is 16.1. The van der Waals surface area contributed by atoms with Gasteiger partial charge < -0.3 is 10.2 Å². The third kappa shape index (κ3) is 3.84. The van der Waals surface area contributed by atoms with Crippen LogP contribution in [-0.4, -0.2) is 17.6 Å². The Kier molecular flexibility index (Phi) is 4.93. The van der Waals surface area contributed by atoms with Crippen LogP contribution in [0.15, 0.2) is 22.9 Å². The lowest BCUT2D eigenvalue weighted by molar-refractivity contribution is 0.560. The van der Waals surface area contributed by atoms with Crippen molar-refractivity contribution in [3.05, 3.63) is 33.5 Å². The van der Waals surface area contributed by atoms with Gasteiger partial charge in [-0.05, 0) is 44.2 Å². The number of anilines is 1. The summed E-state index contributed by atoms with van der Waals surface area (Å²) in [4.78, 5) is 8.81. The molecule has 114 valence electrons. The minimum Gasteiger partial charge on any atom is -0.340 e. The van der Waals surface area contributed by atoms with E-state index in [1.165, 1.54) is 28.5 Å². The minimum absolute atomic E-state index is 0.345. The highest BCUT2D eigenvalue weighted by Crippen LogP contribution is 2.36. The summed E-state index contributed by atoms with van der Waals surface area (Å²) in [7, 11) is 0. The molecule has 1 aliphatic rings. The maximum absolute atomic E-state index is 4.89. The molecule has 21 heavy (non-hydrogen) atoms. The molecule has 2 heterocycles. The van der Waals surface area contributed by atoms with Crippen LogP contribution in [0.25, 0.3) is 0 Å². The van der Waals surface area contributed by atoms with Crippen LogP contribution in [0.2, 0.25) is 0 Å². The van der Waals surface area contributed by atoms with E-state index < -0.39 is 0 Å². The number of hydrogen-bond donors (Lipinski definition) is 1. The zero-order chi connectivity index (χ0) is 14.7. The summed E-state index contributed by atoms with van der Waals surface area (Å²) < 4.78 is 0. The first-order chi connectivity index (χ1) is 10.3. The Morgan fingerprint density at radius 1 is 1.43 bits per heavy atom. The van der Waals surface area contributed by atoms with Gasteiger partial charge in [0.25, 0.3) is 0 Å². The first kappa shape index (κ1) is 15.0. The van der Waals surface area contributed by atoms with Crippen molar-refractivity contribution < 1.29 is 0 Å². The molecule has 1 fully saturated rings. The van der Waals surface area contributed by atoms with Gasteiger partial charge in [-0.3, -0.25) is 0 Å². The van der Waals surface area contributed by atoms with Crippen LogP contribution in [0.3, 0.4) is 0 Å². The fourth-order valence-electron chi connectivity index (χ4n) is 2.38. The largest absolute Gasteiger partial charge is 0.340 e. The van der Waals surface area contributed by atoms with Crippen molar-refractivity contribution in [2.45, 2.75) is 51.7 Å². The molecule has 0 bridgehead atoms. The predicted octanol–water partition coefficient (Wildman–Crippen LogP) is 4.43. The summed E-state index contributed by atoms with van der Waals surface area (Å²) in [5.41, 5.74) is 1.18. The van der Waals surface area contributed by atoms with E-state index in [1.54, 1.807) is 11.3 Å². The van der Waals surface area contributed by atoms with Crippen molar-refractivity contribution in [2.24, 2.45) is 0 Å². The van der Waals surface area contributed by atoms with Gasteiger partial charge >= 0.3 is 0 Å². The second-order valence-corrected chi connectivity index (χ2v) is 7.54. The maximum Gasteiger partial charge on any atom is 0.186 e. The Labute approximate surface area is 135 Å². The number of thiophene rings is 1. The summed E-state index contributed by atoms with van der Waals surface area (Å²) in [5, 5.41) is 9.08. The first-order valence-corrected chi connectivity index (χ1v) is 9.51. The number of aromatic nitrogens is 1. The van der Waals surface area contributed by atoms with E-state index in [0.717, 1.165) is 19.5 Å². The molecule has 1 saturated carbocycles. The van der Waals surface area contributed by atoms with E-state index in [9.17, 15) is 0 Å². The highest BCUT2D eigenvalue weighted by Gasteiger charge is 2.31. The van der Waals surface area contributed by atoms with Gasteiger partial charge in [0.2, 0.25) is 0 Å². The summed E-state index contributed by atoms with van der Waals surface area (Å²) in [6.45, 7) is 6.46. The Morgan fingerprint density at radius 2 is 2.29 bits per heavy atom. The van der Waals surface area contributed by atoms with Crippen LogP contribution in [0, 0.1) is 0 Å². The van der Waals surface area contributed by atoms with Crippen LogP contribution in [0.1, 0.15) is 49.7 Å². The van der Waals surface area contributed by atoms with Gasteiger partial charge in [-0.1, -0.05) is 13.0 Å². The number of rotatable bonds is 8. The number of thiazole rings is 1. The van der Waals surface area contributed by atoms with E-state index in [2.05, 4.69) is 47.0 Å². The molecule has 1 N–H and O–H groups in total. The predicted molar refractivity (Wildman–Crippen MR) is 92.3 cm³/mol. The second kappa shape index (κ2) is 6.90. The van der Waals surface area contributed by atoms with E-state index in [1.807, 2.05) is 11.3 Å². The van der Waals surface area contributed by atoms with Gasteiger partial charge in [0.15, 0.2) is 5.13 Å². The fourth-order valence-corrected chi connectivity index (χ4v) is 4.07. The summed E-state index contributed by atoms with van der Waals surface area (Å²) in [6, 6.07) is 5.40.